The van der Waals surface area contributed by atoms with Crippen LogP contribution in [0.1, 0.15) is 33.4 Å². The summed E-state index contributed by atoms with van der Waals surface area (Å²) in [4.78, 5) is 17.1. The van der Waals surface area contributed by atoms with Gasteiger partial charge >= 0.3 is 0 Å². The summed E-state index contributed by atoms with van der Waals surface area (Å²) in [6, 6.07) is 10.7. The fraction of sp³-hybridized carbons (Fsp3) is 0.474. The predicted molar refractivity (Wildman–Crippen MR) is 90.7 cm³/mol. The molecule has 2 aromatic rings. The molecule has 0 bridgehead atoms. The van der Waals surface area contributed by atoms with Gasteiger partial charge in [0.05, 0.1) is 0 Å². The van der Waals surface area contributed by atoms with Crippen molar-refractivity contribution >= 4 is 5.91 Å². The highest BCUT2D eigenvalue weighted by atomic mass is 16.5. The number of hydrogen-bond acceptors (Lipinski definition) is 4. The minimum absolute atomic E-state index is 0.00700. The van der Waals surface area contributed by atoms with Crippen LogP contribution < -0.4 is 0 Å². The smallest absolute Gasteiger partial charge is 0.276 e. The molecule has 1 amide bonds. The lowest BCUT2D eigenvalue weighted by Crippen LogP contribution is -2.33. The molecule has 3 heterocycles. The summed E-state index contributed by atoms with van der Waals surface area (Å²) in [6.07, 6.45) is 0. The first kappa shape index (κ1) is 15.4. The molecule has 4 rings (SSSR count). The molecule has 0 radical (unpaired) electrons. The predicted octanol–water partition coefficient (Wildman–Crippen LogP) is 2.67. The zero-order chi connectivity index (χ0) is 16.8. The Morgan fingerprint density at radius 1 is 1.21 bits per heavy atom. The van der Waals surface area contributed by atoms with Crippen LogP contribution in [0, 0.1) is 25.7 Å². The van der Waals surface area contributed by atoms with Crippen LogP contribution in [-0.4, -0.2) is 47.5 Å². The van der Waals surface area contributed by atoms with Crippen molar-refractivity contribution in [2.24, 2.45) is 11.8 Å². The van der Waals surface area contributed by atoms with Crippen molar-refractivity contribution in [1.29, 1.82) is 0 Å². The standard InChI is InChI=1S/C19H23N3O2/c1-12-6-4-5-7-15(12)18-16-11-22(10-14(16)9-21(18)3)19(23)17-8-13(2)24-20-17/h4-8,14,16,18H,9-11H2,1-3H3/t14-,16+,18+/m0/s1. The lowest BCUT2D eigenvalue weighted by molar-refractivity contribution is 0.0757. The van der Waals surface area contributed by atoms with Crippen LogP contribution in [0.25, 0.3) is 0 Å². The molecule has 0 aliphatic carbocycles. The fourth-order valence-corrected chi connectivity index (χ4v) is 4.44. The van der Waals surface area contributed by atoms with E-state index in [1.807, 2.05) is 11.8 Å². The molecule has 2 fully saturated rings. The van der Waals surface area contributed by atoms with E-state index < -0.39 is 0 Å². The maximum Gasteiger partial charge on any atom is 0.276 e. The zero-order valence-corrected chi connectivity index (χ0v) is 14.4. The Labute approximate surface area is 142 Å². The highest BCUT2D eigenvalue weighted by molar-refractivity contribution is 5.92. The van der Waals surface area contributed by atoms with Gasteiger partial charge in [0.15, 0.2) is 5.69 Å². The van der Waals surface area contributed by atoms with Gasteiger partial charge in [-0.1, -0.05) is 29.4 Å². The first-order valence-electron chi connectivity index (χ1n) is 8.53. The molecule has 0 spiro atoms. The summed E-state index contributed by atoms with van der Waals surface area (Å²) >= 11 is 0. The summed E-state index contributed by atoms with van der Waals surface area (Å²) in [5, 5.41) is 3.88. The van der Waals surface area contributed by atoms with Crippen LogP contribution in [0.4, 0.5) is 0 Å². The Hall–Kier alpha value is -2.14. The summed E-state index contributed by atoms with van der Waals surface area (Å²) in [5.74, 6) is 1.67. The van der Waals surface area contributed by atoms with Crippen molar-refractivity contribution in [2.75, 3.05) is 26.7 Å². The van der Waals surface area contributed by atoms with E-state index in [2.05, 4.69) is 48.3 Å². The highest BCUT2D eigenvalue weighted by Crippen LogP contribution is 2.45. The van der Waals surface area contributed by atoms with Gasteiger partial charge in [-0.15, -0.1) is 0 Å². The van der Waals surface area contributed by atoms with Gasteiger partial charge in [-0.2, -0.15) is 0 Å². The maximum absolute atomic E-state index is 12.7. The summed E-state index contributed by atoms with van der Waals surface area (Å²) < 4.78 is 5.06. The highest BCUT2D eigenvalue weighted by Gasteiger charge is 2.47. The third kappa shape index (κ3) is 2.44. The third-order valence-corrected chi connectivity index (χ3v) is 5.54. The van der Waals surface area contributed by atoms with Crippen LogP contribution in [0.5, 0.6) is 0 Å². The largest absolute Gasteiger partial charge is 0.361 e. The average Bonchev–Trinajstić information content (AvgIpc) is 3.22. The fourth-order valence-electron chi connectivity index (χ4n) is 4.44. The van der Waals surface area contributed by atoms with Gasteiger partial charge in [0.2, 0.25) is 0 Å². The number of benzene rings is 1. The number of aromatic nitrogens is 1. The molecule has 1 aromatic carbocycles. The molecular formula is C19H23N3O2. The lowest BCUT2D eigenvalue weighted by Gasteiger charge is -2.27. The number of fused-ring (bicyclic) bond motifs is 1. The van der Waals surface area contributed by atoms with Gasteiger partial charge in [0.25, 0.3) is 5.91 Å². The Balaban J connectivity index is 1.57. The van der Waals surface area contributed by atoms with Gasteiger partial charge in [-0.3, -0.25) is 9.69 Å². The molecule has 2 aliphatic rings. The Kier molecular flexibility index (Phi) is 3.68. The number of carbonyl (C=O) groups excluding carboxylic acids is 1. The van der Waals surface area contributed by atoms with E-state index in [1.165, 1.54) is 11.1 Å². The lowest BCUT2D eigenvalue weighted by atomic mass is 9.88. The topological polar surface area (TPSA) is 49.6 Å². The first-order chi connectivity index (χ1) is 11.5. The number of nitrogens with zero attached hydrogens (tertiary/aromatic N) is 3. The van der Waals surface area contributed by atoms with E-state index >= 15 is 0 Å². The number of rotatable bonds is 2. The SMILES string of the molecule is Cc1cc(C(=O)N2C[C@@H]3CN(C)[C@H](c4ccccc4C)[C@@H]3C2)no1. The summed E-state index contributed by atoms with van der Waals surface area (Å²) in [5.41, 5.74) is 3.14. The van der Waals surface area contributed by atoms with Crippen molar-refractivity contribution in [3.8, 4) is 0 Å². The third-order valence-electron chi connectivity index (χ3n) is 5.54. The summed E-state index contributed by atoms with van der Waals surface area (Å²) in [6.45, 7) is 6.62. The van der Waals surface area contributed by atoms with Gasteiger partial charge < -0.3 is 9.42 Å². The molecule has 24 heavy (non-hydrogen) atoms. The van der Waals surface area contributed by atoms with E-state index in [0.29, 0.717) is 29.3 Å². The number of amides is 1. The number of hydrogen-bond donors (Lipinski definition) is 0. The van der Waals surface area contributed by atoms with Crippen LogP contribution in [0.2, 0.25) is 0 Å². The quantitative estimate of drug-likeness (QED) is 0.852. The van der Waals surface area contributed by atoms with Gasteiger partial charge in [0.1, 0.15) is 5.76 Å². The molecule has 2 saturated heterocycles. The van der Waals surface area contributed by atoms with Crippen molar-refractivity contribution in [2.45, 2.75) is 19.9 Å². The normalized spacial score (nSPS) is 26.8. The van der Waals surface area contributed by atoms with Crippen molar-refractivity contribution in [3.05, 3.63) is 52.9 Å². The van der Waals surface area contributed by atoms with Crippen LogP contribution >= 0.6 is 0 Å². The van der Waals surface area contributed by atoms with E-state index in [4.69, 9.17) is 4.52 Å². The average molecular weight is 325 g/mol. The van der Waals surface area contributed by atoms with Gasteiger partial charge in [-0.05, 0) is 37.9 Å². The molecule has 0 saturated carbocycles. The van der Waals surface area contributed by atoms with Gasteiger partial charge in [-0.25, -0.2) is 0 Å². The molecule has 1 aromatic heterocycles. The molecule has 2 aliphatic heterocycles. The van der Waals surface area contributed by atoms with E-state index in [1.54, 1.807) is 6.07 Å². The second kappa shape index (κ2) is 5.74. The maximum atomic E-state index is 12.7. The zero-order valence-electron chi connectivity index (χ0n) is 14.4. The van der Waals surface area contributed by atoms with Crippen LogP contribution in [0.3, 0.4) is 0 Å². The number of aryl methyl sites for hydroxylation is 2. The second-order valence-electron chi connectivity index (χ2n) is 7.20. The van der Waals surface area contributed by atoms with Crippen molar-refractivity contribution < 1.29 is 9.32 Å². The van der Waals surface area contributed by atoms with E-state index in [-0.39, 0.29) is 5.91 Å². The van der Waals surface area contributed by atoms with Crippen molar-refractivity contribution in [3.63, 3.8) is 0 Å². The molecule has 126 valence electrons. The number of likely N-dealkylation sites (tertiary alicyclic amines) is 2. The molecular weight excluding hydrogens is 302 g/mol. The molecule has 0 unspecified atom stereocenters. The molecule has 0 N–H and O–H groups in total. The van der Waals surface area contributed by atoms with Gasteiger partial charge in [0, 0.05) is 37.7 Å². The van der Waals surface area contributed by atoms with Crippen molar-refractivity contribution in [1.82, 2.24) is 15.0 Å². The molecule has 5 heteroatoms. The number of carbonyl (C=O) groups is 1. The minimum atomic E-state index is -0.00700. The first-order valence-corrected chi connectivity index (χ1v) is 8.53. The van der Waals surface area contributed by atoms with Crippen LogP contribution in [-0.2, 0) is 0 Å². The Bertz CT molecular complexity index is 769. The summed E-state index contributed by atoms with van der Waals surface area (Å²) in [7, 11) is 2.20. The molecule has 5 nitrogen and oxygen atoms in total. The van der Waals surface area contributed by atoms with E-state index in [0.717, 1.165) is 19.6 Å². The Morgan fingerprint density at radius 3 is 2.71 bits per heavy atom. The van der Waals surface area contributed by atoms with E-state index in [9.17, 15) is 4.79 Å². The second-order valence-corrected chi connectivity index (χ2v) is 7.20. The molecule has 3 atom stereocenters. The minimum Gasteiger partial charge on any atom is -0.361 e. The monoisotopic (exact) mass is 325 g/mol. The van der Waals surface area contributed by atoms with Crippen LogP contribution in [0.15, 0.2) is 34.9 Å². The Morgan fingerprint density at radius 2 is 2.00 bits per heavy atom.